The van der Waals surface area contributed by atoms with Gasteiger partial charge in [0, 0.05) is 34.9 Å². The summed E-state index contributed by atoms with van der Waals surface area (Å²) in [7, 11) is -3.98. The molecule has 0 spiro atoms. The minimum Gasteiger partial charge on any atom is -0.388 e. The van der Waals surface area contributed by atoms with Crippen LogP contribution in [0.5, 0.6) is 0 Å². The number of rotatable bonds is 7. The van der Waals surface area contributed by atoms with Gasteiger partial charge in [0.1, 0.15) is 12.4 Å². The average molecular weight is 454 g/mol. The van der Waals surface area contributed by atoms with Gasteiger partial charge in [-0.05, 0) is 36.2 Å². The van der Waals surface area contributed by atoms with E-state index in [1.807, 2.05) is 32.0 Å². The topological polar surface area (TPSA) is 85.1 Å². The smallest absolute Gasteiger partial charge is 0.224 e. The summed E-state index contributed by atoms with van der Waals surface area (Å²) < 4.78 is 28.6. The van der Waals surface area contributed by atoms with Crippen molar-refractivity contribution in [2.75, 3.05) is 0 Å². The van der Waals surface area contributed by atoms with E-state index in [4.69, 9.17) is 23.2 Å². The Morgan fingerprint density at radius 3 is 2.38 bits per heavy atom. The van der Waals surface area contributed by atoms with Crippen molar-refractivity contribution in [3.8, 4) is 0 Å². The molecule has 2 heterocycles. The van der Waals surface area contributed by atoms with Crippen molar-refractivity contribution in [1.82, 2.24) is 14.5 Å². The van der Waals surface area contributed by atoms with Crippen molar-refractivity contribution in [1.29, 1.82) is 0 Å². The standard InChI is InChI=1S/C20H21Cl2N3O3S/c1-13(2)19-20(29(27,28)17-10-14(21)9-15(22)11-17)25(18(12-26)24-19)8-6-16-5-3-4-7-23-16/h3-5,7,9-11,13,26H,6,8,12H2,1-2H3. The number of hydrogen-bond donors (Lipinski definition) is 1. The van der Waals surface area contributed by atoms with Crippen LogP contribution in [0.4, 0.5) is 0 Å². The van der Waals surface area contributed by atoms with Gasteiger partial charge in [-0.3, -0.25) is 4.98 Å². The normalized spacial score (nSPS) is 11.9. The average Bonchev–Trinajstić information content (AvgIpc) is 3.06. The number of halogens is 2. The molecule has 1 N–H and O–H groups in total. The minimum atomic E-state index is -3.98. The van der Waals surface area contributed by atoms with E-state index in [1.54, 1.807) is 10.8 Å². The lowest BCUT2D eigenvalue weighted by atomic mass is 10.1. The molecule has 0 aliphatic carbocycles. The molecule has 6 nitrogen and oxygen atoms in total. The van der Waals surface area contributed by atoms with Crippen molar-refractivity contribution in [3.63, 3.8) is 0 Å². The van der Waals surface area contributed by atoms with Crippen LogP contribution in [-0.2, 0) is 29.4 Å². The van der Waals surface area contributed by atoms with Crippen LogP contribution in [0.3, 0.4) is 0 Å². The van der Waals surface area contributed by atoms with Gasteiger partial charge in [-0.15, -0.1) is 0 Å². The van der Waals surface area contributed by atoms with Gasteiger partial charge in [-0.25, -0.2) is 13.4 Å². The quantitative estimate of drug-likeness (QED) is 0.576. The van der Waals surface area contributed by atoms with Crippen molar-refractivity contribution >= 4 is 33.0 Å². The van der Waals surface area contributed by atoms with E-state index < -0.39 is 9.84 Å². The zero-order valence-electron chi connectivity index (χ0n) is 16.0. The Labute approximate surface area is 180 Å². The lowest BCUT2D eigenvalue weighted by Gasteiger charge is -2.14. The monoisotopic (exact) mass is 453 g/mol. The fourth-order valence-corrected chi connectivity index (χ4v) is 5.57. The predicted octanol–water partition coefficient (Wildman–Crippen LogP) is 4.28. The zero-order chi connectivity index (χ0) is 21.2. The summed E-state index contributed by atoms with van der Waals surface area (Å²) in [6, 6.07) is 9.75. The molecular weight excluding hydrogens is 433 g/mol. The van der Waals surface area contributed by atoms with Crippen molar-refractivity contribution in [2.24, 2.45) is 0 Å². The van der Waals surface area contributed by atoms with Crippen LogP contribution in [0, 0.1) is 0 Å². The van der Waals surface area contributed by atoms with Gasteiger partial charge < -0.3 is 9.67 Å². The lowest BCUT2D eigenvalue weighted by Crippen LogP contribution is -2.16. The molecule has 0 fully saturated rings. The predicted molar refractivity (Wildman–Crippen MR) is 112 cm³/mol. The number of hydrogen-bond acceptors (Lipinski definition) is 5. The molecule has 0 aliphatic rings. The van der Waals surface area contributed by atoms with E-state index in [9.17, 15) is 13.5 Å². The highest BCUT2D eigenvalue weighted by atomic mass is 35.5. The third-order valence-electron chi connectivity index (χ3n) is 4.43. The molecule has 0 atom stereocenters. The molecule has 3 rings (SSSR count). The molecule has 29 heavy (non-hydrogen) atoms. The van der Waals surface area contributed by atoms with Gasteiger partial charge in [-0.2, -0.15) is 0 Å². The largest absolute Gasteiger partial charge is 0.388 e. The van der Waals surface area contributed by atoms with Gasteiger partial charge in [0.25, 0.3) is 0 Å². The Kier molecular flexibility index (Phi) is 6.63. The molecule has 0 aliphatic heterocycles. The van der Waals surface area contributed by atoms with Gasteiger partial charge in [0.15, 0.2) is 5.03 Å². The molecule has 2 aromatic heterocycles. The molecule has 0 saturated heterocycles. The lowest BCUT2D eigenvalue weighted by molar-refractivity contribution is 0.263. The molecule has 0 bridgehead atoms. The SMILES string of the molecule is CC(C)c1nc(CO)n(CCc2ccccn2)c1S(=O)(=O)c1cc(Cl)cc(Cl)c1. The molecule has 1 aromatic carbocycles. The molecule has 0 unspecified atom stereocenters. The fraction of sp³-hybridized carbons (Fsp3) is 0.300. The van der Waals surface area contributed by atoms with E-state index in [0.717, 1.165) is 5.69 Å². The molecule has 0 saturated carbocycles. The second-order valence-electron chi connectivity index (χ2n) is 6.86. The maximum atomic E-state index is 13.5. The van der Waals surface area contributed by atoms with Crippen molar-refractivity contribution < 1.29 is 13.5 Å². The number of aromatic nitrogens is 3. The zero-order valence-corrected chi connectivity index (χ0v) is 18.3. The van der Waals surface area contributed by atoms with E-state index >= 15 is 0 Å². The highest BCUT2D eigenvalue weighted by molar-refractivity contribution is 7.91. The number of aryl methyl sites for hydroxylation is 1. The van der Waals surface area contributed by atoms with Crippen molar-refractivity contribution in [3.05, 3.63) is 69.9 Å². The minimum absolute atomic E-state index is 0.0135. The molecule has 0 amide bonds. The number of pyridine rings is 1. The Balaban J connectivity index is 2.16. The first-order valence-electron chi connectivity index (χ1n) is 9.05. The second-order valence-corrected chi connectivity index (χ2v) is 9.60. The summed E-state index contributed by atoms with van der Waals surface area (Å²) in [5.74, 6) is 0.118. The van der Waals surface area contributed by atoms with Crippen LogP contribution < -0.4 is 0 Å². The first-order chi connectivity index (χ1) is 13.7. The second kappa shape index (κ2) is 8.83. The fourth-order valence-electron chi connectivity index (χ4n) is 3.08. The summed E-state index contributed by atoms with van der Waals surface area (Å²) in [4.78, 5) is 8.69. The number of nitrogens with zero attached hydrogens (tertiary/aromatic N) is 3. The molecule has 9 heteroatoms. The van der Waals surface area contributed by atoms with E-state index in [2.05, 4.69) is 9.97 Å². The van der Waals surface area contributed by atoms with Gasteiger partial charge in [-0.1, -0.05) is 43.1 Å². The number of imidazole rings is 1. The van der Waals surface area contributed by atoms with Crippen LogP contribution in [0.15, 0.2) is 52.5 Å². The Morgan fingerprint density at radius 1 is 1.14 bits per heavy atom. The summed E-state index contributed by atoms with van der Waals surface area (Å²) in [6.45, 7) is 3.64. The summed E-state index contributed by atoms with van der Waals surface area (Å²) in [6.07, 6.45) is 2.17. The van der Waals surface area contributed by atoms with E-state index in [-0.39, 0.29) is 38.3 Å². The number of aliphatic hydroxyl groups is 1. The highest BCUT2D eigenvalue weighted by Crippen LogP contribution is 2.32. The van der Waals surface area contributed by atoms with Crippen LogP contribution in [-0.4, -0.2) is 28.1 Å². The van der Waals surface area contributed by atoms with Gasteiger partial charge >= 0.3 is 0 Å². The van der Waals surface area contributed by atoms with E-state index in [1.165, 1.54) is 18.2 Å². The van der Waals surface area contributed by atoms with Crippen molar-refractivity contribution in [2.45, 2.75) is 49.3 Å². The Bertz CT molecular complexity index is 1090. The number of benzene rings is 1. The van der Waals surface area contributed by atoms with Gasteiger partial charge in [0.05, 0.1) is 10.6 Å². The maximum Gasteiger partial charge on any atom is 0.224 e. The molecule has 0 radical (unpaired) electrons. The summed E-state index contributed by atoms with van der Waals surface area (Å²) in [5.41, 5.74) is 1.21. The van der Waals surface area contributed by atoms with E-state index in [0.29, 0.717) is 18.7 Å². The number of aliphatic hydroxyl groups excluding tert-OH is 1. The molecule has 3 aromatic rings. The first kappa shape index (κ1) is 21.8. The highest BCUT2D eigenvalue weighted by Gasteiger charge is 2.31. The third kappa shape index (κ3) is 4.64. The van der Waals surface area contributed by atoms with Gasteiger partial charge in [0.2, 0.25) is 9.84 Å². The van der Waals surface area contributed by atoms with Crippen LogP contribution >= 0.6 is 23.2 Å². The number of sulfone groups is 1. The van der Waals surface area contributed by atoms with Crippen LogP contribution in [0.25, 0.3) is 0 Å². The maximum absolute atomic E-state index is 13.5. The Hall–Kier alpha value is -1.93. The molecular formula is C20H21Cl2N3O3S. The van der Waals surface area contributed by atoms with Crippen LogP contribution in [0.1, 0.15) is 37.0 Å². The Morgan fingerprint density at radius 2 is 1.83 bits per heavy atom. The van der Waals surface area contributed by atoms with Crippen LogP contribution in [0.2, 0.25) is 10.0 Å². The third-order valence-corrected chi connectivity index (χ3v) is 6.66. The summed E-state index contributed by atoms with van der Waals surface area (Å²) in [5, 5.41) is 10.3. The molecule has 154 valence electrons. The summed E-state index contributed by atoms with van der Waals surface area (Å²) >= 11 is 12.1. The first-order valence-corrected chi connectivity index (χ1v) is 11.3.